The topological polar surface area (TPSA) is 49.4 Å². The average molecular weight is 366 g/mol. The monoisotopic (exact) mass is 366 g/mol. The zero-order chi connectivity index (χ0) is 18.4. The van der Waals surface area contributed by atoms with E-state index in [1.807, 2.05) is 48.5 Å². The van der Waals surface area contributed by atoms with E-state index in [1.165, 1.54) is 11.8 Å². The van der Waals surface area contributed by atoms with Crippen LogP contribution in [0.4, 0.5) is 0 Å². The van der Waals surface area contributed by atoms with Crippen molar-refractivity contribution in [2.45, 2.75) is 24.3 Å². The van der Waals surface area contributed by atoms with E-state index in [1.54, 1.807) is 22.9 Å². The van der Waals surface area contributed by atoms with Gasteiger partial charge in [0.25, 0.3) is 0 Å². The van der Waals surface area contributed by atoms with Gasteiger partial charge >= 0.3 is 0 Å². The van der Waals surface area contributed by atoms with Crippen molar-refractivity contribution < 1.29 is 9.59 Å². The average Bonchev–Trinajstić information content (AvgIpc) is 2.66. The van der Waals surface area contributed by atoms with Gasteiger partial charge in [-0.05, 0) is 29.3 Å². The lowest BCUT2D eigenvalue weighted by atomic mass is 9.93. The van der Waals surface area contributed by atoms with Crippen molar-refractivity contribution in [2.75, 3.05) is 12.3 Å². The summed E-state index contributed by atoms with van der Waals surface area (Å²) in [7, 11) is 0. The van der Waals surface area contributed by atoms with Gasteiger partial charge in [-0.1, -0.05) is 42.5 Å². The summed E-state index contributed by atoms with van der Waals surface area (Å²) < 4.78 is 0. The first-order valence-electron chi connectivity index (χ1n) is 8.66. The quantitative estimate of drug-likeness (QED) is 0.624. The molecule has 0 bridgehead atoms. The molecule has 4 nitrogen and oxygen atoms in total. The van der Waals surface area contributed by atoms with Crippen LogP contribution in [-0.2, 0) is 9.59 Å². The summed E-state index contributed by atoms with van der Waals surface area (Å²) in [6.07, 6.45) is 3.95. The zero-order valence-electron chi connectivity index (χ0n) is 14.7. The van der Waals surface area contributed by atoms with E-state index in [0.29, 0.717) is 6.54 Å². The molecule has 5 heteroatoms. The highest BCUT2D eigenvalue weighted by atomic mass is 32.2. The Bertz CT molecular complexity index is 805. The lowest BCUT2D eigenvalue weighted by molar-refractivity contribution is -0.129. The molecule has 1 aliphatic heterocycles. The standard InChI is InChI=1S/C21H22N2O2S/c1-16(24)23-13-11-17-7-5-6-10-19(17)20(23)15-21(25)22-12-14-26-18-8-3-2-4-9-18/h2-11,13,20H,12,14-15H2,1H3,(H,22,25)/t20-/m0/s1. The fourth-order valence-electron chi connectivity index (χ4n) is 3.04. The summed E-state index contributed by atoms with van der Waals surface area (Å²) in [5.74, 6) is 0.709. The molecular weight excluding hydrogens is 344 g/mol. The Hall–Kier alpha value is -2.53. The van der Waals surface area contributed by atoms with Crippen LogP contribution >= 0.6 is 11.8 Å². The van der Waals surface area contributed by atoms with Crippen LogP contribution in [0.25, 0.3) is 6.08 Å². The molecular formula is C21H22N2O2S. The molecule has 2 amide bonds. The number of nitrogens with one attached hydrogen (secondary N) is 1. The third-order valence-electron chi connectivity index (χ3n) is 4.28. The number of amides is 2. The van der Waals surface area contributed by atoms with Crippen molar-refractivity contribution in [1.82, 2.24) is 10.2 Å². The molecule has 26 heavy (non-hydrogen) atoms. The molecule has 0 unspecified atom stereocenters. The predicted octanol–water partition coefficient (Wildman–Crippen LogP) is 3.86. The summed E-state index contributed by atoms with van der Waals surface area (Å²) in [4.78, 5) is 27.2. The maximum absolute atomic E-state index is 12.4. The number of hydrogen-bond acceptors (Lipinski definition) is 3. The second-order valence-electron chi connectivity index (χ2n) is 6.10. The molecule has 0 aromatic heterocycles. The predicted molar refractivity (Wildman–Crippen MR) is 106 cm³/mol. The molecule has 1 heterocycles. The van der Waals surface area contributed by atoms with Crippen LogP contribution in [0.2, 0.25) is 0 Å². The lowest BCUT2D eigenvalue weighted by Gasteiger charge is -2.32. The summed E-state index contributed by atoms with van der Waals surface area (Å²) in [5.41, 5.74) is 2.07. The summed E-state index contributed by atoms with van der Waals surface area (Å²) in [5, 5.41) is 2.97. The van der Waals surface area contributed by atoms with Crippen LogP contribution in [0.3, 0.4) is 0 Å². The van der Waals surface area contributed by atoms with E-state index in [4.69, 9.17) is 0 Å². The van der Waals surface area contributed by atoms with Crippen LogP contribution in [0.1, 0.15) is 30.5 Å². The van der Waals surface area contributed by atoms with Gasteiger partial charge in [0.1, 0.15) is 0 Å². The van der Waals surface area contributed by atoms with Crippen molar-refractivity contribution in [3.8, 4) is 0 Å². The summed E-state index contributed by atoms with van der Waals surface area (Å²) in [6.45, 7) is 2.13. The molecule has 0 saturated carbocycles. The number of rotatable bonds is 6. The van der Waals surface area contributed by atoms with Gasteiger partial charge in [0, 0.05) is 30.3 Å². The van der Waals surface area contributed by atoms with Crippen molar-refractivity contribution in [3.63, 3.8) is 0 Å². The van der Waals surface area contributed by atoms with Gasteiger partial charge in [-0.15, -0.1) is 11.8 Å². The van der Waals surface area contributed by atoms with E-state index >= 15 is 0 Å². The van der Waals surface area contributed by atoms with Crippen LogP contribution < -0.4 is 5.32 Å². The minimum absolute atomic E-state index is 0.0417. The van der Waals surface area contributed by atoms with Gasteiger partial charge in [0.05, 0.1) is 12.5 Å². The van der Waals surface area contributed by atoms with Crippen LogP contribution in [0.5, 0.6) is 0 Å². The van der Waals surface area contributed by atoms with Crippen molar-refractivity contribution in [2.24, 2.45) is 0 Å². The van der Waals surface area contributed by atoms with Gasteiger partial charge in [0.15, 0.2) is 0 Å². The fourth-order valence-corrected chi connectivity index (χ4v) is 3.83. The first-order valence-corrected chi connectivity index (χ1v) is 9.64. The highest BCUT2D eigenvalue weighted by Crippen LogP contribution is 2.32. The van der Waals surface area contributed by atoms with Gasteiger partial charge in [-0.3, -0.25) is 9.59 Å². The Labute approximate surface area is 158 Å². The van der Waals surface area contributed by atoms with E-state index in [0.717, 1.165) is 16.9 Å². The van der Waals surface area contributed by atoms with E-state index in [2.05, 4.69) is 17.4 Å². The molecule has 2 aromatic rings. The second-order valence-corrected chi connectivity index (χ2v) is 7.27. The van der Waals surface area contributed by atoms with Gasteiger partial charge in [-0.2, -0.15) is 0 Å². The molecule has 1 aliphatic rings. The number of thioether (sulfide) groups is 1. The fraction of sp³-hybridized carbons (Fsp3) is 0.238. The largest absolute Gasteiger partial charge is 0.355 e. The van der Waals surface area contributed by atoms with Crippen LogP contribution in [0.15, 0.2) is 65.7 Å². The van der Waals surface area contributed by atoms with Crippen molar-refractivity contribution in [1.29, 1.82) is 0 Å². The minimum atomic E-state index is -0.254. The van der Waals surface area contributed by atoms with Gasteiger partial charge in [0.2, 0.25) is 11.8 Å². The number of benzene rings is 2. The van der Waals surface area contributed by atoms with Crippen molar-refractivity contribution >= 4 is 29.7 Å². The Morgan fingerprint density at radius 3 is 2.58 bits per heavy atom. The Kier molecular flexibility index (Phi) is 6.12. The second kappa shape index (κ2) is 8.72. The Morgan fingerprint density at radius 2 is 1.81 bits per heavy atom. The molecule has 0 fully saturated rings. The number of fused-ring (bicyclic) bond motifs is 1. The Morgan fingerprint density at radius 1 is 1.08 bits per heavy atom. The van der Waals surface area contributed by atoms with Gasteiger partial charge in [-0.25, -0.2) is 0 Å². The minimum Gasteiger partial charge on any atom is -0.355 e. The normalized spacial score (nSPS) is 15.4. The first kappa shape index (κ1) is 18.3. The third-order valence-corrected chi connectivity index (χ3v) is 5.30. The van der Waals surface area contributed by atoms with Crippen LogP contribution in [0, 0.1) is 0 Å². The molecule has 134 valence electrons. The SMILES string of the molecule is CC(=O)N1C=Cc2ccccc2[C@@H]1CC(=O)NCCSc1ccccc1. The van der Waals surface area contributed by atoms with E-state index in [-0.39, 0.29) is 24.3 Å². The maximum Gasteiger partial charge on any atom is 0.223 e. The number of hydrogen-bond donors (Lipinski definition) is 1. The summed E-state index contributed by atoms with van der Waals surface area (Å²) >= 11 is 1.71. The zero-order valence-corrected chi connectivity index (χ0v) is 15.5. The summed E-state index contributed by atoms with van der Waals surface area (Å²) in [6, 6.07) is 17.8. The molecule has 0 aliphatic carbocycles. The third kappa shape index (κ3) is 4.55. The first-order chi connectivity index (χ1) is 12.6. The number of carbonyl (C=O) groups is 2. The lowest BCUT2D eigenvalue weighted by Crippen LogP contribution is -2.35. The molecule has 0 radical (unpaired) electrons. The number of nitrogens with zero attached hydrogens (tertiary/aromatic N) is 1. The molecule has 2 aromatic carbocycles. The molecule has 0 spiro atoms. The molecule has 1 N–H and O–H groups in total. The van der Waals surface area contributed by atoms with E-state index in [9.17, 15) is 9.59 Å². The maximum atomic E-state index is 12.4. The molecule has 1 atom stereocenters. The number of carbonyl (C=O) groups excluding carboxylic acids is 2. The van der Waals surface area contributed by atoms with E-state index < -0.39 is 0 Å². The van der Waals surface area contributed by atoms with Crippen LogP contribution in [-0.4, -0.2) is 29.0 Å². The Balaban J connectivity index is 1.56. The highest BCUT2D eigenvalue weighted by molar-refractivity contribution is 7.99. The van der Waals surface area contributed by atoms with Crippen molar-refractivity contribution in [3.05, 3.63) is 71.9 Å². The highest BCUT2D eigenvalue weighted by Gasteiger charge is 2.27. The molecule has 3 rings (SSSR count). The molecule has 0 saturated heterocycles. The smallest absolute Gasteiger partial charge is 0.223 e. The van der Waals surface area contributed by atoms with Gasteiger partial charge < -0.3 is 10.2 Å².